The molecule has 0 aromatic carbocycles. The third-order valence-corrected chi connectivity index (χ3v) is 14.5. The van der Waals surface area contributed by atoms with Crippen molar-refractivity contribution in [2.24, 2.45) is 0 Å². The molecule has 6 nitrogen and oxygen atoms in total. The van der Waals surface area contributed by atoms with Crippen LogP contribution in [0.4, 0.5) is 0 Å². The summed E-state index contributed by atoms with van der Waals surface area (Å²) in [6.07, 6.45) is 72.2. The van der Waals surface area contributed by atoms with Gasteiger partial charge in [0.1, 0.15) is 0 Å². The zero-order valence-corrected chi connectivity index (χ0v) is 46.6. The van der Waals surface area contributed by atoms with E-state index >= 15 is 0 Å². The molecular formula is C63H121NO5. The summed E-state index contributed by atoms with van der Waals surface area (Å²) in [5.74, 6) is -0.0611. The van der Waals surface area contributed by atoms with Gasteiger partial charge in [0.15, 0.2) is 0 Å². The topological polar surface area (TPSA) is 95.9 Å². The largest absolute Gasteiger partial charge is 0.466 e. The van der Waals surface area contributed by atoms with E-state index in [4.69, 9.17) is 4.74 Å². The number of amides is 1. The lowest BCUT2D eigenvalue weighted by Gasteiger charge is -2.20. The fourth-order valence-electron chi connectivity index (χ4n) is 9.69. The first-order valence-electron chi connectivity index (χ1n) is 31.1. The number of aliphatic hydroxyl groups is 2. The second-order valence-corrected chi connectivity index (χ2v) is 21.4. The quantitative estimate of drug-likeness (QED) is 0.0321. The van der Waals surface area contributed by atoms with Crippen molar-refractivity contribution in [3.8, 4) is 0 Å². The fraction of sp³-hybridized carbons (Fsp3) is 0.905. The Labute approximate surface area is 431 Å². The molecule has 0 saturated carbocycles. The fourth-order valence-corrected chi connectivity index (χ4v) is 9.69. The minimum atomic E-state index is -0.844. The van der Waals surface area contributed by atoms with Crippen LogP contribution < -0.4 is 5.32 Å². The molecule has 0 aromatic heterocycles. The molecule has 6 heteroatoms. The van der Waals surface area contributed by atoms with Crippen LogP contribution in [-0.2, 0) is 14.3 Å². The number of ether oxygens (including phenoxy) is 1. The minimum absolute atomic E-state index is 0.00404. The summed E-state index contributed by atoms with van der Waals surface area (Å²) in [5.41, 5.74) is 0. The van der Waals surface area contributed by atoms with Crippen molar-refractivity contribution in [2.45, 2.75) is 353 Å². The zero-order valence-electron chi connectivity index (χ0n) is 46.6. The molecule has 3 N–H and O–H groups in total. The SMILES string of the molecule is CCCCC/C=C\CCCCCCCC(=O)OCCCCCCCCCCCCCCCCCCCCCCCCCC(=O)NC(CO)C(O)/C=C/CCCCCCCCCCCCCCCCC. The number of unbranched alkanes of at least 4 members (excludes halogenated alkanes) is 45. The van der Waals surface area contributed by atoms with Gasteiger partial charge in [-0.15, -0.1) is 0 Å². The second-order valence-electron chi connectivity index (χ2n) is 21.4. The summed E-state index contributed by atoms with van der Waals surface area (Å²) in [5, 5.41) is 23.2. The first kappa shape index (κ1) is 67.3. The van der Waals surface area contributed by atoms with Crippen LogP contribution in [-0.4, -0.2) is 47.4 Å². The van der Waals surface area contributed by atoms with E-state index in [2.05, 4.69) is 31.3 Å². The number of carbonyl (C=O) groups excluding carboxylic acids is 2. The second kappa shape index (κ2) is 58.9. The molecule has 408 valence electrons. The van der Waals surface area contributed by atoms with Crippen molar-refractivity contribution in [2.75, 3.05) is 13.2 Å². The molecule has 0 radical (unpaired) electrons. The van der Waals surface area contributed by atoms with Gasteiger partial charge in [-0.2, -0.15) is 0 Å². The van der Waals surface area contributed by atoms with Crippen molar-refractivity contribution >= 4 is 11.9 Å². The molecule has 2 atom stereocenters. The van der Waals surface area contributed by atoms with Gasteiger partial charge in [-0.3, -0.25) is 9.59 Å². The molecular weight excluding hydrogens is 851 g/mol. The Morgan fingerprint density at radius 2 is 0.681 bits per heavy atom. The maximum atomic E-state index is 12.5. The van der Waals surface area contributed by atoms with Crippen LogP contribution in [0.5, 0.6) is 0 Å². The van der Waals surface area contributed by atoms with Crippen molar-refractivity contribution in [1.29, 1.82) is 0 Å². The van der Waals surface area contributed by atoms with Gasteiger partial charge in [0, 0.05) is 12.8 Å². The van der Waals surface area contributed by atoms with Crippen LogP contribution in [0.2, 0.25) is 0 Å². The van der Waals surface area contributed by atoms with Crippen molar-refractivity contribution in [3.05, 3.63) is 24.3 Å². The molecule has 0 rings (SSSR count). The van der Waals surface area contributed by atoms with Gasteiger partial charge < -0.3 is 20.3 Å². The monoisotopic (exact) mass is 972 g/mol. The van der Waals surface area contributed by atoms with E-state index in [0.717, 1.165) is 44.9 Å². The molecule has 0 fully saturated rings. The highest BCUT2D eigenvalue weighted by molar-refractivity contribution is 5.76. The predicted molar refractivity (Wildman–Crippen MR) is 301 cm³/mol. The number of hydrogen-bond acceptors (Lipinski definition) is 5. The Bertz CT molecular complexity index is 1080. The van der Waals surface area contributed by atoms with Gasteiger partial charge in [-0.1, -0.05) is 295 Å². The highest BCUT2D eigenvalue weighted by Gasteiger charge is 2.18. The maximum absolute atomic E-state index is 12.5. The van der Waals surface area contributed by atoms with E-state index in [0.29, 0.717) is 19.4 Å². The van der Waals surface area contributed by atoms with E-state index in [1.807, 2.05) is 6.08 Å². The van der Waals surface area contributed by atoms with Crippen LogP contribution in [0.25, 0.3) is 0 Å². The van der Waals surface area contributed by atoms with Gasteiger partial charge in [0.2, 0.25) is 5.91 Å². The van der Waals surface area contributed by atoms with E-state index in [1.165, 1.54) is 270 Å². The third-order valence-electron chi connectivity index (χ3n) is 14.5. The van der Waals surface area contributed by atoms with Gasteiger partial charge in [-0.05, 0) is 57.8 Å². The lowest BCUT2D eigenvalue weighted by atomic mass is 10.0. The molecule has 0 saturated heterocycles. The predicted octanol–water partition coefficient (Wildman–Crippen LogP) is 19.4. The van der Waals surface area contributed by atoms with Gasteiger partial charge in [0.05, 0.1) is 25.4 Å². The smallest absolute Gasteiger partial charge is 0.305 e. The molecule has 0 aliphatic carbocycles. The number of carbonyl (C=O) groups is 2. The molecule has 0 bridgehead atoms. The van der Waals surface area contributed by atoms with Crippen LogP contribution in [0.15, 0.2) is 24.3 Å². The summed E-state index contributed by atoms with van der Waals surface area (Å²) >= 11 is 0. The van der Waals surface area contributed by atoms with Crippen molar-refractivity contribution in [3.63, 3.8) is 0 Å². The number of allylic oxidation sites excluding steroid dienone is 3. The van der Waals surface area contributed by atoms with E-state index < -0.39 is 12.1 Å². The molecule has 0 heterocycles. The van der Waals surface area contributed by atoms with Crippen LogP contribution in [0.1, 0.15) is 341 Å². The van der Waals surface area contributed by atoms with Gasteiger partial charge in [-0.25, -0.2) is 0 Å². The number of hydrogen-bond donors (Lipinski definition) is 3. The highest BCUT2D eigenvalue weighted by Crippen LogP contribution is 2.18. The Kier molecular flexibility index (Phi) is 57.5. The maximum Gasteiger partial charge on any atom is 0.305 e. The van der Waals surface area contributed by atoms with E-state index in [1.54, 1.807) is 6.08 Å². The Balaban J connectivity index is 3.40. The molecule has 0 aliphatic heterocycles. The summed E-state index contributed by atoms with van der Waals surface area (Å²) < 4.78 is 5.47. The lowest BCUT2D eigenvalue weighted by Crippen LogP contribution is -2.45. The molecule has 0 spiro atoms. The molecule has 0 aromatic rings. The zero-order chi connectivity index (χ0) is 50.0. The van der Waals surface area contributed by atoms with Gasteiger partial charge >= 0.3 is 5.97 Å². The van der Waals surface area contributed by atoms with Crippen LogP contribution in [0, 0.1) is 0 Å². The van der Waals surface area contributed by atoms with Crippen LogP contribution >= 0.6 is 0 Å². The van der Waals surface area contributed by atoms with Gasteiger partial charge in [0.25, 0.3) is 0 Å². The third kappa shape index (κ3) is 55.5. The number of esters is 1. The van der Waals surface area contributed by atoms with Crippen molar-refractivity contribution < 1.29 is 24.5 Å². The number of nitrogens with one attached hydrogen (secondary N) is 1. The number of aliphatic hydroxyl groups excluding tert-OH is 2. The molecule has 1 amide bonds. The Morgan fingerprint density at radius 3 is 1.06 bits per heavy atom. The highest BCUT2D eigenvalue weighted by atomic mass is 16.5. The Morgan fingerprint density at radius 1 is 0.391 bits per heavy atom. The van der Waals surface area contributed by atoms with Crippen molar-refractivity contribution in [1.82, 2.24) is 5.32 Å². The van der Waals surface area contributed by atoms with E-state index in [-0.39, 0.29) is 18.5 Å². The van der Waals surface area contributed by atoms with E-state index in [9.17, 15) is 19.8 Å². The standard InChI is InChI=1S/C63H121NO5/c1-3-5-7-9-11-13-15-17-18-26-29-32-35-39-43-47-51-55-61(66)60(59-65)64-62(67)56-52-48-44-40-36-33-30-27-24-22-20-19-21-23-25-28-31-34-38-42-46-50-54-58-69-63(68)57-53-49-45-41-37-16-14-12-10-8-6-4-2/h12,14,51,55,60-61,65-66H,3-11,13,15-50,52-54,56-59H2,1-2H3,(H,64,67)/b14-12-,55-51+. The minimum Gasteiger partial charge on any atom is -0.466 e. The molecule has 69 heavy (non-hydrogen) atoms. The summed E-state index contributed by atoms with van der Waals surface area (Å²) in [7, 11) is 0. The average Bonchev–Trinajstić information content (AvgIpc) is 3.35. The lowest BCUT2D eigenvalue weighted by molar-refractivity contribution is -0.143. The number of rotatable bonds is 58. The Hall–Kier alpha value is -1.66. The summed E-state index contributed by atoms with van der Waals surface area (Å²) in [6.45, 7) is 4.90. The summed E-state index contributed by atoms with van der Waals surface area (Å²) in [4.78, 5) is 24.5. The normalized spacial score (nSPS) is 12.7. The molecule has 0 aliphatic rings. The first-order chi connectivity index (χ1) is 34.0. The van der Waals surface area contributed by atoms with Crippen LogP contribution in [0.3, 0.4) is 0 Å². The molecule has 2 unspecified atom stereocenters. The average molecular weight is 973 g/mol. The first-order valence-corrected chi connectivity index (χ1v) is 31.1. The summed E-state index contributed by atoms with van der Waals surface area (Å²) in [6, 6.07) is -0.627.